The largest absolute Gasteiger partial charge is 0.381 e. The number of nitrogens with one attached hydrogen (secondary N) is 2. The molecular formula is C34H41N5O3. The van der Waals surface area contributed by atoms with Crippen LogP contribution in [0.4, 0.5) is 15.3 Å². The van der Waals surface area contributed by atoms with Crippen molar-refractivity contribution in [2.45, 2.75) is 56.9 Å². The smallest absolute Gasteiger partial charge is 0.321 e. The molecule has 0 spiro atoms. The number of ether oxygens (including phenoxy) is 1. The number of nitrogens with zero attached hydrogens (tertiary/aromatic N) is 3. The van der Waals surface area contributed by atoms with Crippen LogP contribution < -0.4 is 10.6 Å². The number of carbonyl (C=O) groups is 2. The third kappa shape index (κ3) is 6.77. The summed E-state index contributed by atoms with van der Waals surface area (Å²) >= 11 is 0. The van der Waals surface area contributed by atoms with Crippen LogP contribution in [0.15, 0.2) is 84.9 Å². The van der Waals surface area contributed by atoms with E-state index < -0.39 is 0 Å². The molecule has 2 N–H and O–H groups in total. The first kappa shape index (κ1) is 28.2. The molecule has 1 atom stereocenters. The number of amides is 4. The zero-order valence-electron chi connectivity index (χ0n) is 24.2. The quantitative estimate of drug-likeness (QED) is 0.370. The highest BCUT2D eigenvalue weighted by molar-refractivity contribution is 5.89. The predicted octanol–water partition coefficient (Wildman–Crippen LogP) is 5.63. The molecule has 6 rings (SSSR count). The maximum Gasteiger partial charge on any atom is 0.321 e. The molecule has 0 aliphatic carbocycles. The van der Waals surface area contributed by atoms with Crippen LogP contribution in [0.1, 0.15) is 48.4 Å². The first-order valence-electron chi connectivity index (χ1n) is 15.3. The van der Waals surface area contributed by atoms with E-state index in [0.29, 0.717) is 6.54 Å². The summed E-state index contributed by atoms with van der Waals surface area (Å²) in [6, 6.07) is 29.1. The molecule has 0 aromatic heterocycles. The zero-order valence-corrected chi connectivity index (χ0v) is 24.2. The normalized spacial score (nSPS) is 20.6. The monoisotopic (exact) mass is 567 g/mol. The molecule has 0 unspecified atom stereocenters. The number of rotatable bonds is 8. The van der Waals surface area contributed by atoms with Gasteiger partial charge in [0.2, 0.25) is 0 Å². The lowest BCUT2D eigenvalue weighted by atomic mass is 9.98. The Hall–Kier alpha value is -3.88. The van der Waals surface area contributed by atoms with E-state index in [9.17, 15) is 9.59 Å². The summed E-state index contributed by atoms with van der Waals surface area (Å²) in [6.45, 7) is 5.55. The van der Waals surface area contributed by atoms with Gasteiger partial charge < -0.3 is 25.2 Å². The van der Waals surface area contributed by atoms with E-state index in [1.165, 1.54) is 11.1 Å². The Bertz CT molecular complexity index is 1310. The number of hydrogen-bond donors (Lipinski definition) is 2. The molecule has 42 heavy (non-hydrogen) atoms. The van der Waals surface area contributed by atoms with Crippen molar-refractivity contribution in [3.05, 3.63) is 102 Å². The van der Waals surface area contributed by atoms with Gasteiger partial charge in [-0.2, -0.15) is 0 Å². The molecule has 0 bridgehead atoms. The van der Waals surface area contributed by atoms with Gasteiger partial charge in [0, 0.05) is 63.7 Å². The topological polar surface area (TPSA) is 77.2 Å². The Balaban J connectivity index is 1.02. The molecule has 3 aliphatic rings. The molecule has 8 nitrogen and oxygen atoms in total. The lowest BCUT2D eigenvalue weighted by Gasteiger charge is -2.39. The summed E-state index contributed by atoms with van der Waals surface area (Å²) in [5.74, 6) is 0. The predicted molar refractivity (Wildman–Crippen MR) is 164 cm³/mol. The number of piperidine rings is 1. The summed E-state index contributed by atoms with van der Waals surface area (Å²) in [5.41, 5.74) is 4.33. The first-order chi connectivity index (χ1) is 20.6. The van der Waals surface area contributed by atoms with E-state index in [1.807, 2.05) is 36.4 Å². The van der Waals surface area contributed by atoms with Crippen LogP contribution in [-0.2, 0) is 17.8 Å². The number of carbonyl (C=O) groups excluding carboxylic acids is 2. The summed E-state index contributed by atoms with van der Waals surface area (Å²) < 4.78 is 5.58. The van der Waals surface area contributed by atoms with Gasteiger partial charge >= 0.3 is 12.1 Å². The van der Waals surface area contributed by atoms with Crippen LogP contribution in [-0.4, -0.2) is 71.7 Å². The van der Waals surface area contributed by atoms with Crippen molar-refractivity contribution < 1.29 is 14.3 Å². The van der Waals surface area contributed by atoms with E-state index in [-0.39, 0.29) is 30.2 Å². The third-order valence-electron chi connectivity index (χ3n) is 8.85. The first-order valence-corrected chi connectivity index (χ1v) is 15.3. The average molecular weight is 568 g/mol. The third-order valence-corrected chi connectivity index (χ3v) is 8.85. The molecule has 3 heterocycles. The van der Waals surface area contributed by atoms with Crippen molar-refractivity contribution in [2.75, 3.05) is 38.2 Å². The molecule has 0 radical (unpaired) electrons. The van der Waals surface area contributed by atoms with Crippen LogP contribution in [0.2, 0.25) is 0 Å². The molecule has 3 fully saturated rings. The summed E-state index contributed by atoms with van der Waals surface area (Å²) in [4.78, 5) is 32.9. The van der Waals surface area contributed by atoms with Gasteiger partial charge in [0.25, 0.3) is 0 Å². The van der Waals surface area contributed by atoms with E-state index in [1.54, 1.807) is 0 Å². The minimum atomic E-state index is -0.213. The van der Waals surface area contributed by atoms with Crippen molar-refractivity contribution in [3.8, 4) is 0 Å². The van der Waals surface area contributed by atoms with Crippen LogP contribution >= 0.6 is 0 Å². The minimum absolute atomic E-state index is 0.106. The van der Waals surface area contributed by atoms with Crippen molar-refractivity contribution in [1.29, 1.82) is 0 Å². The van der Waals surface area contributed by atoms with Gasteiger partial charge in [-0.1, -0.05) is 72.8 Å². The average Bonchev–Trinajstić information content (AvgIpc) is 3.39. The lowest BCUT2D eigenvalue weighted by Crippen LogP contribution is -2.48. The van der Waals surface area contributed by atoms with E-state index in [4.69, 9.17) is 4.74 Å². The number of urea groups is 2. The fraction of sp³-hybridized carbons (Fsp3) is 0.412. The van der Waals surface area contributed by atoms with E-state index in [2.05, 4.69) is 73.9 Å². The van der Waals surface area contributed by atoms with Gasteiger partial charge in [0.05, 0.1) is 6.04 Å². The molecule has 8 heteroatoms. The molecular weight excluding hydrogens is 526 g/mol. The molecule has 220 valence electrons. The summed E-state index contributed by atoms with van der Waals surface area (Å²) in [6.07, 6.45) is 3.81. The van der Waals surface area contributed by atoms with Crippen molar-refractivity contribution >= 4 is 17.7 Å². The fourth-order valence-corrected chi connectivity index (χ4v) is 6.54. The van der Waals surface area contributed by atoms with Crippen LogP contribution in [0.25, 0.3) is 0 Å². The zero-order chi connectivity index (χ0) is 28.7. The second kappa shape index (κ2) is 13.4. The standard InChI is InChI=1S/C34H41N5O3/c40-33(36-29-9-5-2-6-10-29)35-23-26-11-13-27(14-12-26)24-37-19-15-31(16-20-37)39-32(28-7-3-1-4-8-28)25-38(34(39)41)30-17-21-42-22-18-30/h1-14,30-32H,15-25H2,(H2,35,36,40)/t32-/m0/s1. The second-order valence-electron chi connectivity index (χ2n) is 11.6. The number of anilines is 1. The van der Waals surface area contributed by atoms with Gasteiger partial charge in [-0.15, -0.1) is 0 Å². The maximum absolute atomic E-state index is 13.8. The lowest BCUT2D eigenvalue weighted by molar-refractivity contribution is 0.0493. The highest BCUT2D eigenvalue weighted by atomic mass is 16.5. The molecule has 3 saturated heterocycles. The highest BCUT2D eigenvalue weighted by Gasteiger charge is 2.45. The number of hydrogen-bond acceptors (Lipinski definition) is 4. The minimum Gasteiger partial charge on any atom is -0.381 e. The molecule has 3 aliphatic heterocycles. The van der Waals surface area contributed by atoms with Gasteiger partial charge in [-0.05, 0) is 54.5 Å². The molecule has 3 aromatic rings. The number of likely N-dealkylation sites (tertiary alicyclic amines) is 1. The number of benzene rings is 3. The van der Waals surface area contributed by atoms with Crippen LogP contribution in [0, 0.1) is 0 Å². The van der Waals surface area contributed by atoms with Gasteiger partial charge in [0.1, 0.15) is 0 Å². The van der Waals surface area contributed by atoms with E-state index >= 15 is 0 Å². The van der Waals surface area contributed by atoms with Crippen molar-refractivity contribution in [2.24, 2.45) is 0 Å². The second-order valence-corrected chi connectivity index (χ2v) is 11.6. The van der Waals surface area contributed by atoms with Crippen molar-refractivity contribution in [1.82, 2.24) is 20.0 Å². The molecule has 0 saturated carbocycles. The number of para-hydroxylation sites is 1. The van der Waals surface area contributed by atoms with Crippen molar-refractivity contribution in [3.63, 3.8) is 0 Å². The van der Waals surface area contributed by atoms with Gasteiger partial charge in [-0.3, -0.25) is 4.90 Å². The Morgan fingerprint density at radius 2 is 1.43 bits per heavy atom. The fourth-order valence-electron chi connectivity index (χ4n) is 6.54. The highest BCUT2D eigenvalue weighted by Crippen LogP contribution is 2.37. The Kier molecular flexibility index (Phi) is 9.01. The van der Waals surface area contributed by atoms with Gasteiger partial charge in [-0.25, -0.2) is 9.59 Å². The van der Waals surface area contributed by atoms with Crippen LogP contribution in [0.5, 0.6) is 0 Å². The van der Waals surface area contributed by atoms with E-state index in [0.717, 1.165) is 76.3 Å². The Labute approximate surface area is 248 Å². The molecule has 4 amide bonds. The van der Waals surface area contributed by atoms with Crippen LogP contribution in [0.3, 0.4) is 0 Å². The molecule has 3 aromatic carbocycles. The maximum atomic E-state index is 13.8. The SMILES string of the molecule is O=C(NCc1ccc(CN2CCC(N3C(=O)N(C4CCOCC4)C[C@H]3c3ccccc3)CC2)cc1)Nc1ccccc1. The summed E-state index contributed by atoms with van der Waals surface area (Å²) in [5, 5.41) is 5.77. The Morgan fingerprint density at radius 1 is 0.786 bits per heavy atom. The Morgan fingerprint density at radius 3 is 2.12 bits per heavy atom. The summed E-state index contributed by atoms with van der Waals surface area (Å²) in [7, 11) is 0. The van der Waals surface area contributed by atoms with Gasteiger partial charge in [0.15, 0.2) is 0 Å².